The lowest BCUT2D eigenvalue weighted by Gasteiger charge is -2.35. The fraction of sp³-hybridized carbons (Fsp3) is 0.698. The molecule has 0 heterocycles. The number of amides is 4. The molecule has 0 aliphatic heterocycles. The Morgan fingerprint density at radius 3 is 1.69 bits per heavy atom. The van der Waals surface area contributed by atoms with Gasteiger partial charge in [0.1, 0.15) is 25.0 Å². The van der Waals surface area contributed by atoms with Crippen molar-refractivity contribution in [3.63, 3.8) is 0 Å². The van der Waals surface area contributed by atoms with E-state index in [4.69, 9.17) is 24.1 Å². The second-order valence-corrected chi connectivity index (χ2v) is 16.5. The van der Waals surface area contributed by atoms with E-state index in [1.54, 1.807) is 14.0 Å². The summed E-state index contributed by atoms with van der Waals surface area (Å²) >= 11 is 0. The Balaban J connectivity index is 2.05. The molecule has 346 valence electrons. The van der Waals surface area contributed by atoms with Crippen LogP contribution in [0.4, 0.5) is 0 Å². The van der Waals surface area contributed by atoms with Gasteiger partial charge in [-0.05, 0) is 74.5 Å². The van der Waals surface area contributed by atoms with Crippen LogP contribution < -0.4 is 26.6 Å². The number of Topliss-reactive ketones (excluding diaryl/α,β-unsaturated/α-hetero) is 1. The van der Waals surface area contributed by atoms with Crippen molar-refractivity contribution in [2.24, 2.45) is 10.8 Å². The number of ether oxygens (including phenoxy) is 4. The number of likely N-dealkylation sites (N-methyl/N-ethyl adjacent to an activating group) is 1. The molecular formula is C43H71N5O13. The number of hydrogen-bond donors (Lipinski definition) is 7. The minimum Gasteiger partial charge on any atom is -0.481 e. The standard InChI is InChI=1S/C43H71N5O13/c1-31(49)35(44-6)26-32-9-11-33(12-10-32)27-47-39(53)29-61-25-23-59-21-19-46-38(52)28-60-24-22-58-20-18-45-36(50)14-13-34(41(56)57)48-37(51)8-7-16-42(2,3)30-43(4,5)17-15-40(54)55/h9-12,34-35,44H,7-8,13-30H2,1-6H3,(H,45,50)(H,46,52)(H,47,53)(H,48,51)(H,54,55)(H,56,57)/t34-,35?/m0/s1. The molecule has 0 radical (unpaired) electrons. The number of benzene rings is 1. The third kappa shape index (κ3) is 28.6. The van der Waals surface area contributed by atoms with Crippen LogP contribution in [0.5, 0.6) is 0 Å². The molecule has 0 bridgehead atoms. The maximum Gasteiger partial charge on any atom is 0.326 e. The fourth-order valence-corrected chi connectivity index (χ4v) is 6.61. The molecule has 18 nitrogen and oxygen atoms in total. The summed E-state index contributed by atoms with van der Waals surface area (Å²) in [6.45, 7) is 11.5. The van der Waals surface area contributed by atoms with E-state index in [0.717, 1.165) is 17.5 Å². The van der Waals surface area contributed by atoms with Crippen LogP contribution in [0.15, 0.2) is 24.3 Å². The van der Waals surface area contributed by atoms with Crippen LogP contribution in [0.3, 0.4) is 0 Å². The quantitative estimate of drug-likeness (QED) is 0.0478. The maximum absolute atomic E-state index is 12.5. The van der Waals surface area contributed by atoms with E-state index in [-0.39, 0.29) is 132 Å². The number of carbonyl (C=O) groups is 7. The van der Waals surface area contributed by atoms with Crippen molar-refractivity contribution in [2.75, 3.05) is 73.0 Å². The van der Waals surface area contributed by atoms with Crippen molar-refractivity contribution in [3.05, 3.63) is 35.4 Å². The van der Waals surface area contributed by atoms with Gasteiger partial charge in [-0.25, -0.2) is 4.79 Å². The van der Waals surface area contributed by atoms with Gasteiger partial charge in [-0.3, -0.25) is 28.8 Å². The van der Waals surface area contributed by atoms with E-state index in [1.807, 2.05) is 38.1 Å². The molecule has 4 amide bonds. The topological polar surface area (TPSA) is 257 Å². The molecule has 1 aromatic rings. The summed E-state index contributed by atoms with van der Waals surface area (Å²) in [5, 5.41) is 32.1. The molecule has 0 spiro atoms. The van der Waals surface area contributed by atoms with E-state index in [1.165, 1.54) is 0 Å². The summed E-state index contributed by atoms with van der Waals surface area (Å²) in [4.78, 5) is 83.0. The van der Waals surface area contributed by atoms with E-state index in [2.05, 4.69) is 40.4 Å². The van der Waals surface area contributed by atoms with Crippen LogP contribution in [-0.4, -0.2) is 137 Å². The molecule has 2 atom stereocenters. The molecule has 18 heteroatoms. The SMILES string of the molecule is CNC(Cc1ccc(CNC(=O)COCCOCCNC(=O)COCCOCCNC(=O)CC[C@H](NC(=O)CCCC(C)(C)CC(C)(C)CCC(=O)O)C(=O)O)cc1)C(C)=O. The van der Waals surface area contributed by atoms with Crippen LogP contribution in [0, 0.1) is 10.8 Å². The van der Waals surface area contributed by atoms with Crippen molar-refractivity contribution in [1.82, 2.24) is 26.6 Å². The molecule has 1 unspecified atom stereocenters. The normalized spacial score (nSPS) is 12.6. The highest BCUT2D eigenvalue weighted by Crippen LogP contribution is 2.40. The summed E-state index contributed by atoms with van der Waals surface area (Å²) in [5.41, 5.74) is 1.65. The molecule has 7 N–H and O–H groups in total. The summed E-state index contributed by atoms with van der Waals surface area (Å²) in [7, 11) is 1.76. The van der Waals surface area contributed by atoms with Gasteiger partial charge in [0.25, 0.3) is 0 Å². The second kappa shape index (κ2) is 30.5. The Labute approximate surface area is 360 Å². The first-order valence-electron chi connectivity index (χ1n) is 20.9. The number of carboxylic acid groups (broad SMARTS) is 2. The van der Waals surface area contributed by atoms with Gasteiger partial charge < -0.3 is 55.7 Å². The third-order valence-corrected chi connectivity index (χ3v) is 9.66. The van der Waals surface area contributed by atoms with Crippen LogP contribution in [0.1, 0.15) is 97.1 Å². The van der Waals surface area contributed by atoms with Gasteiger partial charge in [0.15, 0.2) is 0 Å². The molecule has 0 aliphatic rings. The van der Waals surface area contributed by atoms with Crippen LogP contribution in [0.25, 0.3) is 0 Å². The minimum atomic E-state index is -1.23. The predicted octanol–water partition coefficient (Wildman–Crippen LogP) is 2.15. The molecule has 0 aliphatic carbocycles. The van der Waals surface area contributed by atoms with Crippen molar-refractivity contribution < 1.29 is 62.7 Å². The number of aliphatic carboxylic acids is 2. The molecule has 1 aromatic carbocycles. The average Bonchev–Trinajstić information content (AvgIpc) is 3.18. The van der Waals surface area contributed by atoms with E-state index in [0.29, 0.717) is 32.2 Å². The number of nitrogens with one attached hydrogen (secondary N) is 5. The predicted molar refractivity (Wildman–Crippen MR) is 227 cm³/mol. The van der Waals surface area contributed by atoms with Crippen molar-refractivity contribution in [1.29, 1.82) is 0 Å². The first-order chi connectivity index (χ1) is 28.8. The smallest absolute Gasteiger partial charge is 0.326 e. The first kappa shape index (κ1) is 54.5. The van der Waals surface area contributed by atoms with E-state index in [9.17, 15) is 38.7 Å². The zero-order chi connectivity index (χ0) is 45.7. The van der Waals surface area contributed by atoms with Gasteiger partial charge >= 0.3 is 11.9 Å². The van der Waals surface area contributed by atoms with E-state index < -0.39 is 23.9 Å². The lowest BCUT2D eigenvalue weighted by molar-refractivity contribution is -0.142. The van der Waals surface area contributed by atoms with Gasteiger partial charge in [-0.2, -0.15) is 0 Å². The number of carbonyl (C=O) groups excluding carboxylic acids is 5. The van der Waals surface area contributed by atoms with E-state index >= 15 is 0 Å². The third-order valence-electron chi connectivity index (χ3n) is 9.66. The molecule has 0 saturated carbocycles. The Hall–Kier alpha value is -4.49. The summed E-state index contributed by atoms with van der Waals surface area (Å²) in [6.07, 6.45) is 3.25. The molecular weight excluding hydrogens is 794 g/mol. The summed E-state index contributed by atoms with van der Waals surface area (Å²) < 4.78 is 21.4. The number of ketones is 1. The van der Waals surface area contributed by atoms with Gasteiger partial charge in [0, 0.05) is 38.9 Å². The van der Waals surface area contributed by atoms with Gasteiger partial charge in [0.2, 0.25) is 23.6 Å². The lowest BCUT2D eigenvalue weighted by atomic mass is 9.71. The highest BCUT2D eigenvalue weighted by molar-refractivity contribution is 5.84. The maximum atomic E-state index is 12.5. The fourth-order valence-electron chi connectivity index (χ4n) is 6.61. The number of rotatable bonds is 36. The zero-order valence-electron chi connectivity index (χ0n) is 37.0. The average molecular weight is 866 g/mol. The number of carboxylic acids is 2. The largest absolute Gasteiger partial charge is 0.481 e. The molecule has 0 saturated heterocycles. The van der Waals surface area contributed by atoms with Gasteiger partial charge in [-0.15, -0.1) is 0 Å². The second-order valence-electron chi connectivity index (χ2n) is 16.5. The molecule has 0 fully saturated rings. The minimum absolute atomic E-state index is 0.0734. The molecule has 61 heavy (non-hydrogen) atoms. The Kier molecular flexibility index (Phi) is 27.3. The number of hydrogen-bond acceptors (Lipinski definition) is 12. The summed E-state index contributed by atoms with van der Waals surface area (Å²) in [5.74, 6) is -3.36. The zero-order valence-corrected chi connectivity index (χ0v) is 37.0. The highest BCUT2D eigenvalue weighted by Gasteiger charge is 2.29. The Morgan fingerprint density at radius 2 is 1.15 bits per heavy atom. The van der Waals surface area contributed by atoms with Gasteiger partial charge in [0.05, 0.1) is 45.7 Å². The first-order valence-corrected chi connectivity index (χ1v) is 20.9. The van der Waals surface area contributed by atoms with Gasteiger partial charge in [-0.1, -0.05) is 52.0 Å². The van der Waals surface area contributed by atoms with Crippen LogP contribution >= 0.6 is 0 Å². The van der Waals surface area contributed by atoms with Crippen LogP contribution in [-0.2, 0) is 65.5 Å². The molecule has 0 aromatic heterocycles. The lowest BCUT2D eigenvalue weighted by Crippen LogP contribution is -2.41. The Bertz CT molecular complexity index is 1500. The monoisotopic (exact) mass is 866 g/mol. The van der Waals surface area contributed by atoms with Crippen molar-refractivity contribution in [2.45, 2.75) is 111 Å². The van der Waals surface area contributed by atoms with Crippen molar-refractivity contribution in [3.8, 4) is 0 Å². The van der Waals surface area contributed by atoms with Crippen LogP contribution in [0.2, 0.25) is 0 Å². The Morgan fingerprint density at radius 1 is 0.623 bits per heavy atom. The molecule has 1 rings (SSSR count). The van der Waals surface area contributed by atoms with Crippen molar-refractivity contribution >= 4 is 41.4 Å². The highest BCUT2D eigenvalue weighted by atomic mass is 16.5. The summed E-state index contributed by atoms with van der Waals surface area (Å²) in [6, 6.07) is 6.26.